The van der Waals surface area contributed by atoms with Gasteiger partial charge in [0.2, 0.25) is 0 Å². The maximum absolute atomic E-state index is 11.2. The van der Waals surface area contributed by atoms with E-state index in [9.17, 15) is 4.79 Å². The Bertz CT molecular complexity index is 436. The molecule has 1 aromatic carbocycles. The second-order valence-electron chi connectivity index (χ2n) is 4.02. The van der Waals surface area contributed by atoms with Crippen LogP contribution in [-0.2, 0) is 11.2 Å². The summed E-state index contributed by atoms with van der Waals surface area (Å²) in [6.07, 6.45) is 0.573. The topological polar surface area (TPSA) is 64.3 Å². The second-order valence-corrected chi connectivity index (χ2v) is 4.86. The summed E-state index contributed by atoms with van der Waals surface area (Å²) in [6.45, 7) is 1.78. The first-order valence-corrected chi connectivity index (χ1v) is 6.26. The monoisotopic (exact) mass is 290 g/mol. The average molecular weight is 291 g/mol. The fourth-order valence-corrected chi connectivity index (χ4v) is 2.07. The number of nitrogens with two attached hydrogens (primary N) is 1. The van der Waals surface area contributed by atoms with E-state index in [0.717, 1.165) is 5.56 Å². The molecule has 0 saturated heterocycles. The molecule has 3 N–H and O–H groups in total. The number of benzene rings is 1. The van der Waals surface area contributed by atoms with Gasteiger partial charge < -0.3 is 15.8 Å². The predicted octanol–water partition coefficient (Wildman–Crippen LogP) is 2.01. The number of amides is 1. The summed E-state index contributed by atoms with van der Waals surface area (Å²) < 4.78 is 5.42. The van der Waals surface area contributed by atoms with Crippen LogP contribution in [0.3, 0.4) is 0 Å². The van der Waals surface area contributed by atoms with E-state index < -0.39 is 0 Å². The van der Waals surface area contributed by atoms with Crippen molar-refractivity contribution in [1.29, 1.82) is 0 Å². The maximum Gasteiger partial charge on any atom is 0.257 e. The molecule has 0 heterocycles. The van der Waals surface area contributed by atoms with Crippen LogP contribution >= 0.6 is 23.2 Å². The third kappa shape index (κ3) is 4.37. The van der Waals surface area contributed by atoms with Gasteiger partial charge in [0.15, 0.2) is 6.61 Å². The minimum absolute atomic E-state index is 0.0538. The summed E-state index contributed by atoms with van der Waals surface area (Å²) >= 11 is 12.0. The van der Waals surface area contributed by atoms with Crippen LogP contribution < -0.4 is 15.8 Å². The molecule has 1 aromatic rings. The van der Waals surface area contributed by atoms with Gasteiger partial charge in [0.1, 0.15) is 5.75 Å². The number of hydrogen-bond acceptors (Lipinski definition) is 3. The quantitative estimate of drug-likeness (QED) is 0.872. The molecule has 1 unspecified atom stereocenters. The molecule has 0 radical (unpaired) electrons. The zero-order valence-electron chi connectivity index (χ0n) is 10.3. The number of likely N-dealkylation sites (N-methyl/N-ethyl adjacent to an activating group) is 1. The smallest absolute Gasteiger partial charge is 0.257 e. The van der Waals surface area contributed by atoms with Gasteiger partial charge in [0.05, 0.1) is 5.02 Å². The molecule has 0 aliphatic heterocycles. The van der Waals surface area contributed by atoms with Crippen LogP contribution in [-0.4, -0.2) is 25.6 Å². The van der Waals surface area contributed by atoms with E-state index >= 15 is 0 Å². The van der Waals surface area contributed by atoms with Crippen LogP contribution in [0.4, 0.5) is 0 Å². The summed E-state index contributed by atoms with van der Waals surface area (Å²) in [5.41, 5.74) is 6.55. The minimum Gasteiger partial charge on any atom is -0.482 e. The Morgan fingerprint density at radius 3 is 2.72 bits per heavy atom. The lowest BCUT2D eigenvalue weighted by molar-refractivity contribution is -0.122. The van der Waals surface area contributed by atoms with E-state index in [1.165, 1.54) is 7.05 Å². The van der Waals surface area contributed by atoms with Crippen molar-refractivity contribution in [1.82, 2.24) is 5.32 Å². The van der Waals surface area contributed by atoms with E-state index in [4.69, 9.17) is 33.7 Å². The van der Waals surface area contributed by atoms with E-state index in [2.05, 4.69) is 5.32 Å². The van der Waals surface area contributed by atoms with Gasteiger partial charge in [0, 0.05) is 18.1 Å². The normalized spacial score (nSPS) is 12.1. The Kier molecular flexibility index (Phi) is 5.72. The Labute approximate surface area is 116 Å². The zero-order chi connectivity index (χ0) is 13.7. The molecule has 0 aliphatic rings. The van der Waals surface area contributed by atoms with Crippen LogP contribution in [0.15, 0.2) is 12.1 Å². The standard InChI is InChI=1S/C12H16Cl2N2O2/c1-7(15)3-8-4-9(13)5-10(14)12(8)18-6-11(17)16-2/h4-5,7H,3,6,15H2,1-2H3,(H,16,17). The van der Waals surface area contributed by atoms with Crippen LogP contribution in [0.25, 0.3) is 0 Å². The van der Waals surface area contributed by atoms with E-state index in [-0.39, 0.29) is 18.6 Å². The number of nitrogens with one attached hydrogen (secondary N) is 1. The molecular weight excluding hydrogens is 275 g/mol. The first kappa shape index (κ1) is 15.1. The SMILES string of the molecule is CNC(=O)COc1c(Cl)cc(Cl)cc1CC(C)N. The fraction of sp³-hybridized carbons (Fsp3) is 0.417. The molecule has 0 fully saturated rings. The maximum atomic E-state index is 11.2. The lowest BCUT2D eigenvalue weighted by atomic mass is 10.1. The highest BCUT2D eigenvalue weighted by Crippen LogP contribution is 2.33. The highest BCUT2D eigenvalue weighted by Gasteiger charge is 2.13. The first-order chi connectivity index (χ1) is 8.43. The summed E-state index contributed by atoms with van der Waals surface area (Å²) in [4.78, 5) is 11.2. The van der Waals surface area contributed by atoms with Crippen LogP contribution in [0.1, 0.15) is 12.5 Å². The molecule has 0 saturated carbocycles. The Morgan fingerprint density at radius 2 is 2.17 bits per heavy atom. The first-order valence-electron chi connectivity index (χ1n) is 5.51. The molecule has 0 bridgehead atoms. The molecule has 100 valence electrons. The molecule has 1 atom stereocenters. The Hall–Kier alpha value is -0.970. The summed E-state index contributed by atoms with van der Waals surface area (Å²) in [6, 6.07) is 3.27. The van der Waals surface area contributed by atoms with Crippen molar-refractivity contribution in [3.05, 3.63) is 27.7 Å². The van der Waals surface area contributed by atoms with Gasteiger partial charge in [-0.3, -0.25) is 4.79 Å². The van der Waals surface area contributed by atoms with Crippen molar-refractivity contribution in [2.75, 3.05) is 13.7 Å². The van der Waals surface area contributed by atoms with Crippen molar-refractivity contribution in [3.63, 3.8) is 0 Å². The number of carbonyl (C=O) groups is 1. The Morgan fingerprint density at radius 1 is 1.50 bits per heavy atom. The molecule has 18 heavy (non-hydrogen) atoms. The summed E-state index contributed by atoms with van der Waals surface area (Å²) in [7, 11) is 1.54. The number of carbonyl (C=O) groups excluding carboxylic acids is 1. The zero-order valence-corrected chi connectivity index (χ0v) is 11.8. The van der Waals surface area contributed by atoms with Crippen LogP contribution in [0.2, 0.25) is 10.0 Å². The number of hydrogen-bond donors (Lipinski definition) is 2. The highest BCUT2D eigenvalue weighted by molar-refractivity contribution is 6.35. The van der Waals surface area contributed by atoms with Gasteiger partial charge in [0.25, 0.3) is 5.91 Å². The minimum atomic E-state index is -0.229. The van der Waals surface area contributed by atoms with Gasteiger partial charge in [-0.2, -0.15) is 0 Å². The average Bonchev–Trinajstić information content (AvgIpc) is 2.26. The highest BCUT2D eigenvalue weighted by atomic mass is 35.5. The molecular formula is C12H16Cl2N2O2. The lowest BCUT2D eigenvalue weighted by Crippen LogP contribution is -2.25. The van der Waals surface area contributed by atoms with Gasteiger partial charge in [-0.25, -0.2) is 0 Å². The summed E-state index contributed by atoms with van der Waals surface area (Å²) in [5.74, 6) is 0.231. The van der Waals surface area contributed by atoms with Crippen LogP contribution in [0, 0.1) is 0 Å². The van der Waals surface area contributed by atoms with E-state index in [1.807, 2.05) is 6.92 Å². The van der Waals surface area contributed by atoms with Crippen LogP contribution in [0.5, 0.6) is 5.75 Å². The molecule has 4 nitrogen and oxygen atoms in total. The fourth-order valence-electron chi connectivity index (χ4n) is 1.48. The van der Waals surface area contributed by atoms with Crippen molar-refractivity contribution < 1.29 is 9.53 Å². The molecule has 0 aliphatic carbocycles. The number of ether oxygens (including phenoxy) is 1. The number of halogens is 2. The number of rotatable bonds is 5. The van der Waals surface area contributed by atoms with Crippen molar-refractivity contribution >= 4 is 29.1 Å². The third-order valence-corrected chi connectivity index (χ3v) is 2.75. The Balaban J connectivity index is 2.96. The summed E-state index contributed by atoms with van der Waals surface area (Å²) in [5, 5.41) is 3.36. The van der Waals surface area contributed by atoms with Gasteiger partial charge >= 0.3 is 0 Å². The van der Waals surface area contributed by atoms with Crippen molar-refractivity contribution in [3.8, 4) is 5.75 Å². The second kappa shape index (κ2) is 6.83. The van der Waals surface area contributed by atoms with Crippen molar-refractivity contribution in [2.45, 2.75) is 19.4 Å². The third-order valence-electron chi connectivity index (χ3n) is 2.25. The molecule has 1 rings (SSSR count). The van der Waals surface area contributed by atoms with E-state index in [0.29, 0.717) is 22.2 Å². The molecule has 0 spiro atoms. The van der Waals surface area contributed by atoms with Crippen molar-refractivity contribution in [2.24, 2.45) is 5.73 Å². The van der Waals surface area contributed by atoms with Gasteiger partial charge in [-0.05, 0) is 31.0 Å². The van der Waals surface area contributed by atoms with E-state index in [1.54, 1.807) is 12.1 Å². The molecule has 0 aromatic heterocycles. The predicted molar refractivity (Wildman–Crippen MR) is 73.4 cm³/mol. The lowest BCUT2D eigenvalue weighted by Gasteiger charge is -2.14. The molecule has 1 amide bonds. The van der Waals surface area contributed by atoms with Gasteiger partial charge in [-0.1, -0.05) is 23.2 Å². The largest absolute Gasteiger partial charge is 0.482 e. The van der Waals surface area contributed by atoms with Gasteiger partial charge in [-0.15, -0.1) is 0 Å². The molecule has 6 heteroatoms.